The molecule has 0 aromatic heterocycles. The van der Waals surface area contributed by atoms with Gasteiger partial charge in [0.1, 0.15) is 0 Å². The molecule has 8 nitrogen and oxygen atoms in total. The number of imide groups is 1. The topological polar surface area (TPSA) is 115 Å². The Balaban J connectivity index is 2.45. The maximum absolute atomic E-state index is 12.2. The van der Waals surface area contributed by atoms with Crippen LogP contribution in [0.4, 0.5) is 4.79 Å². The van der Waals surface area contributed by atoms with Crippen LogP contribution in [-0.2, 0) is 4.79 Å². The number of nitrogens with one attached hydrogen (secondary N) is 1. The lowest BCUT2D eigenvalue weighted by molar-refractivity contribution is -0.113. The van der Waals surface area contributed by atoms with Gasteiger partial charge in [-0.1, -0.05) is 26.0 Å². The second kappa shape index (κ2) is 8.86. The average Bonchev–Trinajstić information content (AvgIpc) is 2.56. The van der Waals surface area contributed by atoms with Crippen LogP contribution < -0.4 is 5.32 Å². The van der Waals surface area contributed by atoms with E-state index in [1.807, 2.05) is 13.0 Å². The Morgan fingerprint density at radius 1 is 1.27 bits per heavy atom. The Morgan fingerprint density at radius 3 is 2.69 bits per heavy atom. The molecule has 0 fully saturated rings. The number of rotatable bonds is 5. The van der Waals surface area contributed by atoms with Crippen molar-refractivity contribution in [3.05, 3.63) is 24.0 Å². The van der Waals surface area contributed by atoms with Crippen LogP contribution in [0.3, 0.4) is 0 Å². The lowest BCUT2D eigenvalue weighted by Crippen LogP contribution is -2.50. The van der Waals surface area contributed by atoms with E-state index in [4.69, 9.17) is 5.11 Å². The first-order valence-electron chi connectivity index (χ1n) is 8.77. The van der Waals surface area contributed by atoms with Crippen molar-refractivity contribution >= 4 is 23.5 Å². The molecule has 2 aliphatic rings. The van der Waals surface area contributed by atoms with E-state index in [0.717, 1.165) is 5.70 Å². The molecule has 0 saturated carbocycles. The van der Waals surface area contributed by atoms with Crippen molar-refractivity contribution in [2.75, 3.05) is 13.2 Å². The highest BCUT2D eigenvalue weighted by atomic mass is 16.3. The number of amides is 3. The molecule has 0 aliphatic carbocycles. The monoisotopic (exact) mass is 362 g/mol. The molecular weight excluding hydrogens is 336 g/mol. The van der Waals surface area contributed by atoms with Crippen LogP contribution in [0.15, 0.2) is 34.0 Å². The standard InChI is InChI=1S/C18H26N4O4/c1-11-4-7-19-15-16(20-18(26)21-17(15)25)22(13(3)10-12(11)2)8-5-14(24)6-9-23/h4,7,10-12,14,23-24H,5-6,8-9H2,1-3H3,(H,21,25,26)/b7-4+,13-10+,19-15?. The summed E-state index contributed by atoms with van der Waals surface area (Å²) in [5, 5.41) is 21.1. The van der Waals surface area contributed by atoms with Crippen LogP contribution in [0, 0.1) is 11.8 Å². The largest absolute Gasteiger partial charge is 0.396 e. The van der Waals surface area contributed by atoms with Gasteiger partial charge < -0.3 is 15.1 Å². The summed E-state index contributed by atoms with van der Waals surface area (Å²) in [5.41, 5.74) is 0.886. The third-order valence-corrected chi connectivity index (χ3v) is 4.61. The number of carbonyl (C=O) groups is 2. The normalized spacial score (nSPS) is 28.2. The summed E-state index contributed by atoms with van der Waals surface area (Å²) in [7, 11) is 0. The van der Waals surface area contributed by atoms with E-state index >= 15 is 0 Å². The smallest absolute Gasteiger partial charge is 0.349 e. The van der Waals surface area contributed by atoms with Gasteiger partial charge in [-0.15, -0.1) is 0 Å². The van der Waals surface area contributed by atoms with Crippen molar-refractivity contribution in [2.24, 2.45) is 21.8 Å². The van der Waals surface area contributed by atoms with Gasteiger partial charge in [0.2, 0.25) is 0 Å². The average molecular weight is 362 g/mol. The summed E-state index contributed by atoms with van der Waals surface area (Å²) in [6, 6.07) is -0.736. The fraction of sp³-hybridized carbons (Fsp3) is 0.556. The Kier molecular flexibility index (Phi) is 6.82. The number of allylic oxidation sites excluding steroid dienone is 3. The maximum Gasteiger partial charge on any atom is 0.349 e. The van der Waals surface area contributed by atoms with Gasteiger partial charge in [0.05, 0.1) is 6.10 Å². The number of aliphatic hydroxyl groups is 2. The van der Waals surface area contributed by atoms with E-state index < -0.39 is 18.0 Å². The summed E-state index contributed by atoms with van der Waals surface area (Å²) in [5.74, 6) is -0.000723. The van der Waals surface area contributed by atoms with Gasteiger partial charge in [-0.25, -0.2) is 9.79 Å². The molecule has 0 saturated heterocycles. The number of fused-ring (bicyclic) bond motifs is 1. The Bertz CT molecular complexity index is 681. The molecule has 2 aliphatic heterocycles. The molecule has 26 heavy (non-hydrogen) atoms. The van der Waals surface area contributed by atoms with Gasteiger partial charge in [-0.05, 0) is 31.6 Å². The lowest BCUT2D eigenvalue weighted by atomic mass is 9.94. The van der Waals surface area contributed by atoms with Gasteiger partial charge in [-0.3, -0.25) is 10.1 Å². The fourth-order valence-electron chi connectivity index (χ4n) is 2.81. The van der Waals surface area contributed by atoms with Crippen LogP contribution in [0.25, 0.3) is 0 Å². The van der Waals surface area contributed by atoms with Gasteiger partial charge in [0.25, 0.3) is 5.91 Å². The molecule has 2 heterocycles. The van der Waals surface area contributed by atoms with Gasteiger partial charge in [-0.2, -0.15) is 4.99 Å². The van der Waals surface area contributed by atoms with Gasteiger partial charge in [0, 0.05) is 25.0 Å². The van der Waals surface area contributed by atoms with E-state index in [9.17, 15) is 14.7 Å². The number of hydrogen-bond donors (Lipinski definition) is 3. The zero-order valence-corrected chi connectivity index (χ0v) is 15.3. The summed E-state index contributed by atoms with van der Waals surface area (Å²) >= 11 is 0. The predicted octanol–water partition coefficient (Wildman–Crippen LogP) is 1.21. The fourth-order valence-corrected chi connectivity index (χ4v) is 2.81. The Morgan fingerprint density at radius 2 is 2.00 bits per heavy atom. The lowest BCUT2D eigenvalue weighted by Gasteiger charge is -2.30. The second-order valence-electron chi connectivity index (χ2n) is 6.65. The van der Waals surface area contributed by atoms with E-state index in [0.29, 0.717) is 13.0 Å². The SMILES string of the molecule is C/C1=C\C(C)C(C)/C=C/N=C2C(=O)NC(=O)N=C2N1CCC(O)CCO. The van der Waals surface area contributed by atoms with E-state index in [1.54, 1.807) is 11.1 Å². The first-order chi connectivity index (χ1) is 12.3. The molecule has 3 atom stereocenters. The zero-order chi connectivity index (χ0) is 19.3. The number of carbonyl (C=O) groups excluding carboxylic acids is 2. The van der Waals surface area contributed by atoms with Crippen LogP contribution in [0.5, 0.6) is 0 Å². The summed E-state index contributed by atoms with van der Waals surface area (Å²) in [4.78, 5) is 33.9. The van der Waals surface area contributed by atoms with Crippen molar-refractivity contribution in [3.63, 3.8) is 0 Å². The third kappa shape index (κ3) is 4.86. The first-order valence-corrected chi connectivity index (χ1v) is 8.77. The number of amidine groups is 1. The number of aliphatic hydroxyl groups excluding tert-OH is 2. The maximum atomic E-state index is 12.2. The number of nitrogens with zero attached hydrogens (tertiary/aromatic N) is 3. The van der Waals surface area contributed by atoms with Gasteiger partial charge >= 0.3 is 6.03 Å². The molecule has 3 unspecified atom stereocenters. The molecule has 142 valence electrons. The molecule has 0 radical (unpaired) electrons. The van der Waals surface area contributed by atoms with Crippen molar-refractivity contribution in [1.82, 2.24) is 10.2 Å². The molecule has 0 aromatic rings. The first kappa shape index (κ1) is 20.0. The van der Waals surface area contributed by atoms with Crippen molar-refractivity contribution in [1.29, 1.82) is 0 Å². The highest BCUT2D eigenvalue weighted by Gasteiger charge is 2.31. The molecule has 8 heteroatoms. The van der Waals surface area contributed by atoms with Crippen LogP contribution >= 0.6 is 0 Å². The zero-order valence-electron chi connectivity index (χ0n) is 15.3. The van der Waals surface area contributed by atoms with E-state index in [-0.39, 0.29) is 36.4 Å². The minimum absolute atomic E-state index is 0.0620. The third-order valence-electron chi connectivity index (χ3n) is 4.61. The van der Waals surface area contributed by atoms with Crippen molar-refractivity contribution in [3.8, 4) is 0 Å². The van der Waals surface area contributed by atoms with E-state index in [1.165, 1.54) is 0 Å². The van der Waals surface area contributed by atoms with Crippen molar-refractivity contribution < 1.29 is 19.8 Å². The van der Waals surface area contributed by atoms with Gasteiger partial charge in [0.15, 0.2) is 11.5 Å². The highest BCUT2D eigenvalue weighted by molar-refractivity contribution is 6.69. The Hall–Kier alpha value is -2.32. The predicted molar refractivity (Wildman–Crippen MR) is 98.7 cm³/mol. The summed E-state index contributed by atoms with van der Waals surface area (Å²) in [6.07, 6.45) is 5.45. The quantitative estimate of drug-likeness (QED) is 0.680. The number of hydrogen-bond acceptors (Lipinski definition) is 6. The molecule has 3 N–H and O–H groups in total. The second-order valence-corrected chi connectivity index (χ2v) is 6.65. The van der Waals surface area contributed by atoms with Crippen molar-refractivity contribution in [2.45, 2.75) is 39.7 Å². The molecular formula is C18H26N4O4. The summed E-state index contributed by atoms with van der Waals surface area (Å²) < 4.78 is 0. The molecule has 0 spiro atoms. The van der Waals surface area contributed by atoms with Crippen LogP contribution in [0.1, 0.15) is 33.6 Å². The number of aliphatic imine (C=N–C) groups is 2. The minimum Gasteiger partial charge on any atom is -0.396 e. The Labute approximate surface area is 153 Å². The molecule has 3 amide bonds. The number of urea groups is 1. The molecule has 2 rings (SSSR count). The van der Waals surface area contributed by atoms with Crippen LogP contribution in [-0.4, -0.2) is 57.9 Å². The van der Waals surface area contributed by atoms with Crippen LogP contribution in [0.2, 0.25) is 0 Å². The minimum atomic E-state index is -0.736. The highest BCUT2D eigenvalue weighted by Crippen LogP contribution is 2.21. The molecule has 0 bridgehead atoms. The summed E-state index contributed by atoms with van der Waals surface area (Å²) in [6.45, 7) is 6.24. The van der Waals surface area contributed by atoms with E-state index in [2.05, 4.69) is 35.2 Å². The molecule has 0 aromatic carbocycles.